The second kappa shape index (κ2) is 15.4. The van der Waals surface area contributed by atoms with E-state index >= 15 is 0 Å². The monoisotopic (exact) mass is 691 g/mol. The Balaban J connectivity index is 1.59. The highest BCUT2D eigenvalue weighted by Crippen LogP contribution is 2.29. The van der Waals surface area contributed by atoms with Crippen molar-refractivity contribution in [3.05, 3.63) is 129 Å². The summed E-state index contributed by atoms with van der Waals surface area (Å²) in [6.45, 7) is 3.11. The molecule has 0 aliphatic heterocycles. The SMILES string of the molecule is Cc1ccc(S(=O)(=O)N(CC(=O)N(Cc2ccc(Cl)cc2Cl)[C@@H](Cc2ccccc2)C(=O)NC2CCCC2)c2ccccc2C)cc1. The van der Waals surface area contributed by atoms with Crippen molar-refractivity contribution in [3.63, 3.8) is 0 Å². The maximum absolute atomic E-state index is 14.7. The first kappa shape index (κ1) is 34.5. The Labute approximate surface area is 287 Å². The highest BCUT2D eigenvalue weighted by molar-refractivity contribution is 7.92. The average molecular weight is 693 g/mol. The molecule has 0 heterocycles. The van der Waals surface area contributed by atoms with Crippen LogP contribution in [0.15, 0.2) is 102 Å². The second-order valence-corrected chi connectivity index (χ2v) is 14.8. The molecule has 1 fully saturated rings. The fourth-order valence-corrected chi connectivity index (χ4v) is 7.90. The summed E-state index contributed by atoms with van der Waals surface area (Å²) in [5.74, 6) is -0.833. The molecular formula is C37H39Cl2N3O4S. The number of aryl methyl sites for hydroxylation is 2. The minimum atomic E-state index is -4.19. The van der Waals surface area contributed by atoms with E-state index in [1.54, 1.807) is 67.6 Å². The maximum Gasteiger partial charge on any atom is 0.264 e. The number of anilines is 1. The molecular weight excluding hydrogens is 653 g/mol. The van der Waals surface area contributed by atoms with Crippen molar-refractivity contribution in [1.82, 2.24) is 10.2 Å². The molecule has 0 radical (unpaired) electrons. The molecule has 1 aliphatic rings. The van der Waals surface area contributed by atoms with Crippen LogP contribution in [-0.2, 0) is 32.6 Å². The molecule has 5 rings (SSSR count). The summed E-state index contributed by atoms with van der Waals surface area (Å²) in [7, 11) is -4.19. The number of halogens is 2. The number of hydrogen-bond donors (Lipinski definition) is 1. The lowest BCUT2D eigenvalue weighted by Crippen LogP contribution is -2.54. The molecule has 0 saturated heterocycles. The summed E-state index contributed by atoms with van der Waals surface area (Å²) in [6.07, 6.45) is 4.03. The van der Waals surface area contributed by atoms with Gasteiger partial charge in [-0.05, 0) is 73.7 Å². The van der Waals surface area contributed by atoms with Gasteiger partial charge < -0.3 is 10.2 Å². The van der Waals surface area contributed by atoms with Crippen molar-refractivity contribution in [3.8, 4) is 0 Å². The molecule has 4 aromatic carbocycles. The minimum absolute atomic E-state index is 0.0160. The van der Waals surface area contributed by atoms with E-state index in [-0.39, 0.29) is 29.8 Å². The molecule has 1 aliphatic carbocycles. The van der Waals surface area contributed by atoms with Gasteiger partial charge in [-0.3, -0.25) is 13.9 Å². The van der Waals surface area contributed by atoms with Crippen molar-refractivity contribution < 1.29 is 18.0 Å². The summed E-state index contributed by atoms with van der Waals surface area (Å²) >= 11 is 12.8. The first-order valence-electron chi connectivity index (χ1n) is 15.8. The van der Waals surface area contributed by atoms with E-state index < -0.39 is 28.5 Å². The van der Waals surface area contributed by atoms with Crippen LogP contribution in [0.5, 0.6) is 0 Å². The van der Waals surface area contributed by atoms with Gasteiger partial charge in [0, 0.05) is 29.1 Å². The normalized spacial score (nSPS) is 14.0. The van der Waals surface area contributed by atoms with E-state index in [1.165, 1.54) is 4.90 Å². The van der Waals surface area contributed by atoms with Gasteiger partial charge in [0.15, 0.2) is 0 Å². The van der Waals surface area contributed by atoms with Crippen molar-refractivity contribution in [2.45, 2.75) is 69.5 Å². The smallest absolute Gasteiger partial charge is 0.264 e. The van der Waals surface area contributed by atoms with Crippen molar-refractivity contribution in [2.24, 2.45) is 0 Å². The quantitative estimate of drug-likeness (QED) is 0.167. The Morgan fingerprint density at radius 2 is 1.53 bits per heavy atom. The van der Waals surface area contributed by atoms with Crippen molar-refractivity contribution in [1.29, 1.82) is 0 Å². The third kappa shape index (κ3) is 8.55. The Bertz CT molecular complexity index is 1810. The molecule has 0 aromatic heterocycles. The molecule has 246 valence electrons. The average Bonchev–Trinajstić information content (AvgIpc) is 3.56. The van der Waals surface area contributed by atoms with Gasteiger partial charge in [0.05, 0.1) is 10.6 Å². The van der Waals surface area contributed by atoms with Crippen LogP contribution in [-0.4, -0.2) is 43.8 Å². The number of rotatable bonds is 12. The van der Waals surface area contributed by atoms with Gasteiger partial charge in [0.1, 0.15) is 12.6 Å². The molecule has 0 bridgehead atoms. The van der Waals surface area contributed by atoms with Gasteiger partial charge >= 0.3 is 0 Å². The van der Waals surface area contributed by atoms with Crippen molar-refractivity contribution in [2.75, 3.05) is 10.8 Å². The molecule has 2 amide bonds. The molecule has 1 saturated carbocycles. The van der Waals surface area contributed by atoms with E-state index in [9.17, 15) is 18.0 Å². The number of sulfonamides is 1. The largest absolute Gasteiger partial charge is 0.352 e. The Kier molecular flexibility index (Phi) is 11.3. The lowest BCUT2D eigenvalue weighted by molar-refractivity contribution is -0.140. The third-order valence-electron chi connectivity index (χ3n) is 8.60. The van der Waals surface area contributed by atoms with Gasteiger partial charge in [0.25, 0.3) is 10.0 Å². The van der Waals surface area contributed by atoms with Gasteiger partial charge in [-0.15, -0.1) is 0 Å². The van der Waals surface area contributed by atoms with E-state index in [0.29, 0.717) is 26.9 Å². The zero-order chi connectivity index (χ0) is 33.6. The molecule has 10 heteroatoms. The first-order chi connectivity index (χ1) is 22.5. The number of amides is 2. The molecule has 47 heavy (non-hydrogen) atoms. The summed E-state index contributed by atoms with van der Waals surface area (Å²) in [5, 5.41) is 3.96. The lowest BCUT2D eigenvalue weighted by Gasteiger charge is -2.35. The Morgan fingerprint density at radius 1 is 0.872 bits per heavy atom. The summed E-state index contributed by atoms with van der Waals surface area (Å²) in [5.41, 5.74) is 3.41. The number of para-hydroxylation sites is 1. The minimum Gasteiger partial charge on any atom is -0.352 e. The summed E-state index contributed by atoms with van der Waals surface area (Å²) in [4.78, 5) is 30.4. The molecule has 7 nitrogen and oxygen atoms in total. The topological polar surface area (TPSA) is 86.8 Å². The summed E-state index contributed by atoms with van der Waals surface area (Å²) in [6, 6.07) is 27.1. The molecule has 0 unspecified atom stereocenters. The molecule has 4 aromatic rings. The number of hydrogen-bond acceptors (Lipinski definition) is 4. The molecule has 1 N–H and O–H groups in total. The summed E-state index contributed by atoms with van der Waals surface area (Å²) < 4.78 is 29.7. The fraction of sp³-hybridized carbons (Fsp3) is 0.297. The number of nitrogens with one attached hydrogen (secondary N) is 1. The zero-order valence-corrected chi connectivity index (χ0v) is 28.9. The van der Waals surface area contributed by atoms with E-state index in [1.807, 2.05) is 43.3 Å². The van der Waals surface area contributed by atoms with Crippen LogP contribution in [0, 0.1) is 13.8 Å². The lowest BCUT2D eigenvalue weighted by atomic mass is 10.0. The number of carbonyl (C=O) groups is 2. The second-order valence-electron chi connectivity index (χ2n) is 12.1. The number of carbonyl (C=O) groups excluding carboxylic acids is 2. The van der Waals surface area contributed by atoms with Crippen LogP contribution in [0.3, 0.4) is 0 Å². The van der Waals surface area contributed by atoms with Gasteiger partial charge in [-0.2, -0.15) is 0 Å². The van der Waals surface area contributed by atoms with Crippen molar-refractivity contribution >= 4 is 50.7 Å². The highest BCUT2D eigenvalue weighted by Gasteiger charge is 2.36. The highest BCUT2D eigenvalue weighted by atomic mass is 35.5. The first-order valence-corrected chi connectivity index (χ1v) is 18.0. The van der Waals surface area contributed by atoms with Crippen LogP contribution in [0.25, 0.3) is 0 Å². The van der Waals surface area contributed by atoms with E-state index in [4.69, 9.17) is 23.2 Å². The van der Waals surface area contributed by atoms with Crippen LogP contribution >= 0.6 is 23.2 Å². The van der Waals surface area contributed by atoms with E-state index in [2.05, 4.69) is 5.32 Å². The predicted molar refractivity (Wildman–Crippen MR) is 188 cm³/mol. The van der Waals surface area contributed by atoms with Crippen LogP contribution in [0.1, 0.15) is 47.9 Å². The number of benzene rings is 4. The molecule has 1 atom stereocenters. The van der Waals surface area contributed by atoms with Gasteiger partial charge in [-0.25, -0.2) is 8.42 Å². The van der Waals surface area contributed by atoms with Gasteiger partial charge in [-0.1, -0.05) is 108 Å². The maximum atomic E-state index is 14.7. The van der Waals surface area contributed by atoms with Crippen LogP contribution in [0.2, 0.25) is 10.0 Å². The van der Waals surface area contributed by atoms with Crippen LogP contribution in [0.4, 0.5) is 5.69 Å². The standard InChI is InChI=1S/C37H39Cl2N3O4S/c1-26-16-20-32(21-17-26)47(45,46)42(34-15-9-6-10-27(34)2)25-36(43)41(24-29-18-19-30(38)23-33(29)39)35(22-28-11-4-3-5-12-28)37(44)40-31-13-7-8-14-31/h3-6,9-12,15-21,23,31,35H,7-8,13-14,22,24-25H2,1-2H3,(H,40,44)/t35-/m0/s1. The Hall–Kier alpha value is -3.85. The number of nitrogens with zero attached hydrogens (tertiary/aromatic N) is 2. The Morgan fingerprint density at radius 3 is 2.19 bits per heavy atom. The molecule has 0 spiro atoms. The zero-order valence-electron chi connectivity index (χ0n) is 26.5. The predicted octanol–water partition coefficient (Wildman–Crippen LogP) is 7.50. The van der Waals surface area contributed by atoms with E-state index in [0.717, 1.165) is 41.1 Å². The van der Waals surface area contributed by atoms with Gasteiger partial charge in [0.2, 0.25) is 11.8 Å². The third-order valence-corrected chi connectivity index (χ3v) is 11.0. The van der Waals surface area contributed by atoms with Crippen LogP contribution < -0.4 is 9.62 Å². The fourth-order valence-electron chi connectivity index (χ4n) is 5.95.